The molecule has 4 aliphatic rings. The molecular weight excluding hydrogens is 402 g/mol. The molecule has 6 heteroatoms. The Bertz CT molecular complexity index is 903. The van der Waals surface area contributed by atoms with Gasteiger partial charge in [-0.15, -0.1) is 0 Å². The normalized spacial score (nSPS) is 34.1. The lowest BCUT2D eigenvalue weighted by Crippen LogP contribution is -2.61. The summed E-state index contributed by atoms with van der Waals surface area (Å²) in [6.45, 7) is 4.87. The van der Waals surface area contributed by atoms with Crippen LogP contribution in [-0.4, -0.2) is 69.7 Å². The summed E-state index contributed by atoms with van der Waals surface area (Å²) in [5.74, 6) is 0.288. The molecule has 1 aromatic carbocycles. The number of benzene rings is 1. The van der Waals surface area contributed by atoms with Crippen LogP contribution in [0.15, 0.2) is 30.3 Å². The number of piperidine rings is 1. The molecule has 0 spiro atoms. The predicted molar refractivity (Wildman–Crippen MR) is 122 cm³/mol. The van der Waals surface area contributed by atoms with Gasteiger partial charge in [0.15, 0.2) is 0 Å². The van der Waals surface area contributed by atoms with Crippen LogP contribution in [-0.2, 0) is 20.8 Å². The molecule has 3 amide bonds. The molecule has 172 valence electrons. The molecule has 0 aromatic heterocycles. The van der Waals surface area contributed by atoms with Crippen molar-refractivity contribution in [3.8, 4) is 0 Å². The molecule has 4 fully saturated rings. The van der Waals surface area contributed by atoms with Gasteiger partial charge in [-0.1, -0.05) is 50.1 Å². The van der Waals surface area contributed by atoms with E-state index in [0.717, 1.165) is 44.9 Å². The Morgan fingerprint density at radius 2 is 1.72 bits per heavy atom. The Labute approximate surface area is 190 Å². The van der Waals surface area contributed by atoms with Crippen LogP contribution >= 0.6 is 0 Å². The molecule has 32 heavy (non-hydrogen) atoms. The highest BCUT2D eigenvalue weighted by atomic mass is 16.2. The highest BCUT2D eigenvalue weighted by molar-refractivity contribution is 5.87. The number of amides is 3. The van der Waals surface area contributed by atoms with Crippen molar-refractivity contribution in [1.82, 2.24) is 14.7 Å². The monoisotopic (exact) mass is 437 g/mol. The maximum atomic E-state index is 13.7. The van der Waals surface area contributed by atoms with Crippen molar-refractivity contribution in [3.63, 3.8) is 0 Å². The Morgan fingerprint density at radius 1 is 1.03 bits per heavy atom. The molecule has 3 heterocycles. The molecule has 3 aliphatic heterocycles. The van der Waals surface area contributed by atoms with E-state index in [-0.39, 0.29) is 53.8 Å². The first-order valence-corrected chi connectivity index (χ1v) is 12.3. The van der Waals surface area contributed by atoms with Gasteiger partial charge in [-0.05, 0) is 37.7 Å². The standard InChI is InChI=1S/C26H35N3O3/c1-18(30)28-20(15-19-9-4-3-5-10-19)21-16-26(2)22(28)11-6-7-12-23(26)29(21)25(32)17-27-14-8-13-24(27)31/h3-5,9-10,20-23H,6-8,11-17H2,1-2H3/t20-,21-,22+,23-,26+/m0/s1. The van der Waals surface area contributed by atoms with Crippen molar-refractivity contribution < 1.29 is 14.4 Å². The molecule has 0 radical (unpaired) electrons. The second kappa shape index (κ2) is 8.20. The fourth-order valence-corrected chi connectivity index (χ4v) is 7.28. The summed E-state index contributed by atoms with van der Waals surface area (Å²) in [7, 11) is 0. The first-order chi connectivity index (χ1) is 15.4. The molecule has 1 aliphatic carbocycles. The van der Waals surface area contributed by atoms with Crippen LogP contribution in [0.3, 0.4) is 0 Å². The summed E-state index contributed by atoms with van der Waals surface area (Å²) >= 11 is 0. The van der Waals surface area contributed by atoms with E-state index in [1.54, 1.807) is 11.8 Å². The third-order valence-electron chi connectivity index (χ3n) is 8.64. The molecule has 0 unspecified atom stereocenters. The lowest BCUT2D eigenvalue weighted by molar-refractivity contribution is -0.144. The Morgan fingerprint density at radius 3 is 2.34 bits per heavy atom. The molecule has 0 N–H and O–H groups in total. The average Bonchev–Trinajstić information content (AvgIpc) is 3.22. The van der Waals surface area contributed by atoms with E-state index in [1.807, 2.05) is 18.2 Å². The van der Waals surface area contributed by atoms with Gasteiger partial charge in [0.2, 0.25) is 17.7 Å². The zero-order valence-electron chi connectivity index (χ0n) is 19.3. The number of likely N-dealkylation sites (tertiary alicyclic amines) is 3. The SMILES string of the molecule is CC(=O)N1[C@@H](Cc2ccccc2)[C@@H]2C[C@@]3(C)[C@H](CCCC[C@@H]13)N2C(=O)CN1CCCC1=O. The summed E-state index contributed by atoms with van der Waals surface area (Å²) in [5.41, 5.74) is 1.12. The summed E-state index contributed by atoms with van der Waals surface area (Å²) in [5, 5.41) is 0. The lowest BCUT2D eigenvalue weighted by Gasteiger charge is -2.50. The van der Waals surface area contributed by atoms with Gasteiger partial charge >= 0.3 is 0 Å². The van der Waals surface area contributed by atoms with E-state index in [2.05, 4.69) is 28.9 Å². The minimum absolute atomic E-state index is 0.00802. The van der Waals surface area contributed by atoms with Gasteiger partial charge in [-0.25, -0.2) is 0 Å². The van der Waals surface area contributed by atoms with Crippen LogP contribution in [0.4, 0.5) is 0 Å². The van der Waals surface area contributed by atoms with Crippen molar-refractivity contribution in [2.75, 3.05) is 13.1 Å². The fourth-order valence-electron chi connectivity index (χ4n) is 7.28. The van der Waals surface area contributed by atoms with Gasteiger partial charge in [0, 0.05) is 37.4 Å². The van der Waals surface area contributed by atoms with Gasteiger partial charge in [-0.2, -0.15) is 0 Å². The Balaban J connectivity index is 1.53. The van der Waals surface area contributed by atoms with Gasteiger partial charge in [0.25, 0.3) is 0 Å². The summed E-state index contributed by atoms with van der Waals surface area (Å²) in [6.07, 6.45) is 7.29. The van der Waals surface area contributed by atoms with Crippen molar-refractivity contribution in [2.24, 2.45) is 5.41 Å². The second-order valence-corrected chi connectivity index (χ2v) is 10.5. The number of nitrogens with zero attached hydrogens (tertiary/aromatic N) is 3. The van der Waals surface area contributed by atoms with Crippen molar-refractivity contribution in [1.29, 1.82) is 0 Å². The van der Waals surface area contributed by atoms with Crippen LogP contribution < -0.4 is 0 Å². The topological polar surface area (TPSA) is 60.9 Å². The quantitative estimate of drug-likeness (QED) is 0.728. The highest BCUT2D eigenvalue weighted by Gasteiger charge is 2.63. The minimum atomic E-state index is -0.0787. The average molecular weight is 438 g/mol. The fraction of sp³-hybridized carbons (Fsp3) is 0.654. The maximum Gasteiger partial charge on any atom is 0.242 e. The highest BCUT2D eigenvalue weighted by Crippen LogP contribution is 2.55. The summed E-state index contributed by atoms with van der Waals surface area (Å²) in [6, 6.07) is 10.6. The Kier molecular flexibility index (Phi) is 5.50. The van der Waals surface area contributed by atoms with Crippen molar-refractivity contribution >= 4 is 17.7 Å². The number of rotatable bonds is 4. The third-order valence-corrected chi connectivity index (χ3v) is 8.64. The van der Waals surface area contributed by atoms with Crippen LogP contribution in [0.25, 0.3) is 0 Å². The predicted octanol–water partition coefficient (Wildman–Crippen LogP) is 3.00. The van der Waals surface area contributed by atoms with E-state index in [1.165, 1.54) is 5.56 Å². The largest absolute Gasteiger partial charge is 0.334 e. The van der Waals surface area contributed by atoms with E-state index < -0.39 is 0 Å². The van der Waals surface area contributed by atoms with E-state index in [4.69, 9.17) is 0 Å². The summed E-state index contributed by atoms with van der Waals surface area (Å²) in [4.78, 5) is 45.0. The van der Waals surface area contributed by atoms with Crippen molar-refractivity contribution in [3.05, 3.63) is 35.9 Å². The Hall–Kier alpha value is -2.37. The number of hydrogen-bond donors (Lipinski definition) is 0. The first-order valence-electron chi connectivity index (χ1n) is 12.3. The van der Waals surface area contributed by atoms with Crippen molar-refractivity contribution in [2.45, 2.75) is 89.4 Å². The summed E-state index contributed by atoms with van der Waals surface area (Å²) < 4.78 is 0. The molecular formula is C26H35N3O3. The minimum Gasteiger partial charge on any atom is -0.334 e. The molecule has 2 bridgehead atoms. The van der Waals surface area contributed by atoms with Crippen LogP contribution in [0.5, 0.6) is 0 Å². The van der Waals surface area contributed by atoms with Crippen LogP contribution in [0.1, 0.15) is 64.4 Å². The molecule has 6 nitrogen and oxygen atoms in total. The molecule has 3 saturated heterocycles. The zero-order chi connectivity index (χ0) is 22.5. The van der Waals surface area contributed by atoms with Gasteiger partial charge in [0.05, 0.1) is 18.6 Å². The van der Waals surface area contributed by atoms with E-state index in [9.17, 15) is 14.4 Å². The molecule has 5 atom stereocenters. The van der Waals surface area contributed by atoms with E-state index in [0.29, 0.717) is 13.0 Å². The molecule has 1 aromatic rings. The van der Waals surface area contributed by atoms with Gasteiger partial charge in [-0.3, -0.25) is 14.4 Å². The smallest absolute Gasteiger partial charge is 0.242 e. The number of hydrogen-bond acceptors (Lipinski definition) is 3. The lowest BCUT2D eigenvalue weighted by atomic mass is 9.69. The number of fused-ring (bicyclic) bond motifs is 1. The number of carbonyl (C=O) groups is 3. The van der Waals surface area contributed by atoms with E-state index >= 15 is 0 Å². The molecule has 1 saturated carbocycles. The zero-order valence-corrected chi connectivity index (χ0v) is 19.3. The van der Waals surface area contributed by atoms with Crippen LogP contribution in [0.2, 0.25) is 0 Å². The second-order valence-electron chi connectivity index (χ2n) is 10.5. The van der Waals surface area contributed by atoms with Crippen LogP contribution in [0, 0.1) is 5.41 Å². The number of carbonyl (C=O) groups excluding carboxylic acids is 3. The maximum absolute atomic E-state index is 13.7. The molecule has 5 rings (SSSR count). The third kappa shape index (κ3) is 3.43. The van der Waals surface area contributed by atoms with Gasteiger partial charge < -0.3 is 14.7 Å². The van der Waals surface area contributed by atoms with Gasteiger partial charge in [0.1, 0.15) is 0 Å². The first kappa shape index (κ1) is 21.5.